The van der Waals surface area contributed by atoms with E-state index in [4.69, 9.17) is 0 Å². The Balaban J connectivity index is 2.42. The van der Waals surface area contributed by atoms with Gasteiger partial charge in [-0.2, -0.15) is 4.39 Å². The summed E-state index contributed by atoms with van der Waals surface area (Å²) in [6.45, 7) is 7.46. The lowest BCUT2D eigenvalue weighted by Gasteiger charge is -2.16. The zero-order chi connectivity index (χ0) is 10.6. The first-order valence-electron chi connectivity index (χ1n) is 4.95. The van der Waals surface area contributed by atoms with Crippen LogP contribution < -0.4 is 5.32 Å². The summed E-state index contributed by atoms with van der Waals surface area (Å²) in [4.78, 5) is 3.57. The highest BCUT2D eigenvalue weighted by molar-refractivity contribution is 5.39. The minimum absolute atomic E-state index is 0.438. The first-order chi connectivity index (χ1) is 6.59. The number of halogens is 1. The summed E-state index contributed by atoms with van der Waals surface area (Å²) in [6, 6.07) is 3.07. The second-order valence-corrected chi connectivity index (χ2v) is 3.97. The molecule has 0 aliphatic carbocycles. The third kappa shape index (κ3) is 3.32. The minimum Gasteiger partial charge on any atom is -0.384 e. The van der Waals surface area contributed by atoms with Crippen molar-refractivity contribution in [1.82, 2.24) is 4.98 Å². The van der Waals surface area contributed by atoms with Crippen LogP contribution in [0.2, 0.25) is 0 Å². The van der Waals surface area contributed by atoms with Crippen LogP contribution in [0.1, 0.15) is 20.8 Å². The minimum atomic E-state index is -0.438. The van der Waals surface area contributed by atoms with Crippen LogP contribution in [0.25, 0.3) is 0 Å². The van der Waals surface area contributed by atoms with Crippen molar-refractivity contribution in [2.24, 2.45) is 11.8 Å². The Hall–Kier alpha value is -1.12. The number of hydrogen-bond donors (Lipinski definition) is 1. The summed E-state index contributed by atoms with van der Waals surface area (Å²) in [5, 5.41) is 3.22. The molecule has 0 aliphatic heterocycles. The molecule has 0 aliphatic rings. The van der Waals surface area contributed by atoms with E-state index in [1.807, 2.05) is 0 Å². The average Bonchev–Trinajstić information content (AvgIpc) is 2.16. The number of pyridine rings is 1. The maximum Gasteiger partial charge on any atom is 0.212 e. The fourth-order valence-corrected chi connectivity index (χ4v) is 0.995. The summed E-state index contributed by atoms with van der Waals surface area (Å²) in [5.74, 6) is 0.809. The van der Waals surface area contributed by atoms with Crippen LogP contribution in [0.4, 0.5) is 10.1 Å². The van der Waals surface area contributed by atoms with Gasteiger partial charge in [-0.05, 0) is 24.0 Å². The number of hydrogen-bond acceptors (Lipinski definition) is 2. The maximum absolute atomic E-state index is 12.5. The van der Waals surface area contributed by atoms with Crippen molar-refractivity contribution in [2.75, 3.05) is 11.9 Å². The van der Waals surface area contributed by atoms with Gasteiger partial charge >= 0.3 is 0 Å². The van der Waals surface area contributed by atoms with E-state index in [-0.39, 0.29) is 0 Å². The highest BCUT2D eigenvalue weighted by atomic mass is 19.1. The molecule has 78 valence electrons. The van der Waals surface area contributed by atoms with Crippen molar-refractivity contribution in [3.05, 3.63) is 24.3 Å². The van der Waals surface area contributed by atoms with E-state index in [2.05, 4.69) is 31.1 Å². The van der Waals surface area contributed by atoms with Crippen LogP contribution in [0.3, 0.4) is 0 Å². The van der Waals surface area contributed by atoms with Gasteiger partial charge in [0.15, 0.2) is 0 Å². The highest BCUT2D eigenvalue weighted by Crippen LogP contribution is 2.11. The molecule has 1 unspecified atom stereocenters. The number of anilines is 1. The standard InChI is InChI=1S/C11H17FN2/c1-8(2)9(3)6-13-10-4-5-11(12)14-7-10/h4-5,7-9,13H,6H2,1-3H3. The molecule has 1 aromatic rings. The molecule has 0 saturated heterocycles. The molecule has 0 spiro atoms. The quantitative estimate of drug-likeness (QED) is 0.749. The van der Waals surface area contributed by atoms with Crippen molar-refractivity contribution in [1.29, 1.82) is 0 Å². The van der Waals surface area contributed by atoms with Gasteiger partial charge in [0.1, 0.15) is 0 Å². The summed E-state index contributed by atoms with van der Waals surface area (Å²) in [5.41, 5.74) is 0.874. The fourth-order valence-electron chi connectivity index (χ4n) is 0.995. The number of nitrogens with one attached hydrogen (secondary N) is 1. The summed E-state index contributed by atoms with van der Waals surface area (Å²) in [6.07, 6.45) is 1.52. The van der Waals surface area contributed by atoms with Crippen LogP contribution >= 0.6 is 0 Å². The Bertz CT molecular complexity index is 269. The summed E-state index contributed by atoms with van der Waals surface area (Å²) < 4.78 is 12.5. The number of nitrogens with zero attached hydrogens (tertiary/aromatic N) is 1. The van der Waals surface area contributed by atoms with Crippen molar-refractivity contribution >= 4 is 5.69 Å². The van der Waals surface area contributed by atoms with E-state index in [1.54, 1.807) is 6.07 Å². The van der Waals surface area contributed by atoms with Gasteiger partial charge in [0.05, 0.1) is 11.9 Å². The van der Waals surface area contributed by atoms with Gasteiger partial charge in [-0.1, -0.05) is 20.8 Å². The van der Waals surface area contributed by atoms with Crippen LogP contribution in [0.15, 0.2) is 18.3 Å². The largest absolute Gasteiger partial charge is 0.384 e. The predicted molar refractivity (Wildman–Crippen MR) is 56.7 cm³/mol. The van der Waals surface area contributed by atoms with Crippen LogP contribution in [-0.4, -0.2) is 11.5 Å². The Morgan fingerprint density at radius 2 is 2.07 bits per heavy atom. The van der Waals surface area contributed by atoms with Crippen molar-refractivity contribution in [3.8, 4) is 0 Å². The van der Waals surface area contributed by atoms with Gasteiger partial charge in [-0.3, -0.25) is 0 Å². The van der Waals surface area contributed by atoms with Gasteiger partial charge < -0.3 is 5.32 Å². The first-order valence-corrected chi connectivity index (χ1v) is 4.95. The molecular weight excluding hydrogens is 179 g/mol. The molecule has 0 fully saturated rings. The molecule has 1 rings (SSSR count). The van der Waals surface area contributed by atoms with E-state index in [1.165, 1.54) is 12.3 Å². The highest BCUT2D eigenvalue weighted by Gasteiger charge is 2.06. The molecule has 1 heterocycles. The van der Waals surface area contributed by atoms with Crippen molar-refractivity contribution in [2.45, 2.75) is 20.8 Å². The zero-order valence-electron chi connectivity index (χ0n) is 8.92. The SMILES string of the molecule is CC(C)C(C)CNc1ccc(F)nc1. The molecule has 0 amide bonds. The monoisotopic (exact) mass is 196 g/mol. The molecule has 0 aromatic carbocycles. The van der Waals surface area contributed by atoms with E-state index in [0.29, 0.717) is 11.8 Å². The lowest BCUT2D eigenvalue weighted by Crippen LogP contribution is -2.16. The topological polar surface area (TPSA) is 24.9 Å². The van der Waals surface area contributed by atoms with Crippen LogP contribution in [-0.2, 0) is 0 Å². The third-order valence-corrected chi connectivity index (χ3v) is 2.49. The van der Waals surface area contributed by atoms with Gasteiger partial charge in [0.25, 0.3) is 0 Å². The van der Waals surface area contributed by atoms with E-state index in [9.17, 15) is 4.39 Å². The van der Waals surface area contributed by atoms with Crippen LogP contribution in [0.5, 0.6) is 0 Å². The number of aromatic nitrogens is 1. The van der Waals surface area contributed by atoms with Crippen LogP contribution in [0, 0.1) is 17.8 Å². The second-order valence-electron chi connectivity index (χ2n) is 3.97. The Morgan fingerprint density at radius 3 is 2.57 bits per heavy atom. The Kier molecular flexibility index (Phi) is 3.86. The van der Waals surface area contributed by atoms with E-state index in [0.717, 1.165) is 12.2 Å². The predicted octanol–water partition coefficient (Wildman–Crippen LogP) is 2.92. The fraction of sp³-hybridized carbons (Fsp3) is 0.545. The lowest BCUT2D eigenvalue weighted by molar-refractivity contribution is 0.439. The summed E-state index contributed by atoms with van der Waals surface area (Å²) in [7, 11) is 0. The lowest BCUT2D eigenvalue weighted by atomic mass is 9.98. The normalized spacial score (nSPS) is 12.9. The molecule has 1 atom stereocenters. The molecule has 0 saturated carbocycles. The van der Waals surface area contributed by atoms with Gasteiger partial charge in [0, 0.05) is 6.54 Å². The molecular formula is C11H17FN2. The molecule has 2 nitrogen and oxygen atoms in total. The Morgan fingerprint density at radius 1 is 1.36 bits per heavy atom. The van der Waals surface area contributed by atoms with Gasteiger partial charge in [0.2, 0.25) is 5.95 Å². The first kappa shape index (κ1) is 11.0. The molecule has 3 heteroatoms. The molecule has 1 N–H and O–H groups in total. The zero-order valence-corrected chi connectivity index (χ0v) is 8.92. The third-order valence-electron chi connectivity index (χ3n) is 2.49. The van der Waals surface area contributed by atoms with Gasteiger partial charge in [-0.15, -0.1) is 0 Å². The second kappa shape index (κ2) is 4.94. The molecule has 0 bridgehead atoms. The van der Waals surface area contributed by atoms with Gasteiger partial charge in [-0.25, -0.2) is 4.98 Å². The molecule has 14 heavy (non-hydrogen) atoms. The molecule has 1 aromatic heterocycles. The van der Waals surface area contributed by atoms with E-state index >= 15 is 0 Å². The maximum atomic E-state index is 12.5. The van der Waals surface area contributed by atoms with Crippen molar-refractivity contribution in [3.63, 3.8) is 0 Å². The smallest absolute Gasteiger partial charge is 0.212 e. The van der Waals surface area contributed by atoms with E-state index < -0.39 is 5.95 Å². The number of rotatable bonds is 4. The van der Waals surface area contributed by atoms with Crippen molar-refractivity contribution < 1.29 is 4.39 Å². The summed E-state index contributed by atoms with van der Waals surface area (Å²) >= 11 is 0. The average molecular weight is 196 g/mol. The Labute approximate surface area is 84.6 Å². The molecule has 0 radical (unpaired) electrons.